The Hall–Kier alpha value is -4.06. The van der Waals surface area contributed by atoms with Crippen molar-refractivity contribution < 1.29 is 24.5 Å². The predicted octanol–water partition coefficient (Wildman–Crippen LogP) is 4.85. The molecular formula is C28H27NO5. The zero-order chi connectivity index (χ0) is 24.1. The number of carbonyl (C=O) groups is 2. The van der Waals surface area contributed by atoms with E-state index in [2.05, 4.69) is 0 Å². The van der Waals surface area contributed by atoms with Crippen molar-refractivity contribution in [2.24, 2.45) is 0 Å². The minimum Gasteiger partial charge on any atom is -0.508 e. The first kappa shape index (κ1) is 23.1. The van der Waals surface area contributed by atoms with E-state index >= 15 is 0 Å². The lowest BCUT2D eigenvalue weighted by atomic mass is 9.95. The molecule has 1 amide bonds. The van der Waals surface area contributed by atoms with Gasteiger partial charge in [0.15, 0.2) is 0 Å². The van der Waals surface area contributed by atoms with Crippen LogP contribution in [0.2, 0.25) is 0 Å². The van der Waals surface area contributed by atoms with E-state index < -0.39 is 17.7 Å². The van der Waals surface area contributed by atoms with Crippen molar-refractivity contribution in [3.8, 4) is 11.5 Å². The molecular weight excluding hydrogens is 430 g/mol. The van der Waals surface area contributed by atoms with Crippen molar-refractivity contribution in [1.82, 2.24) is 4.90 Å². The number of nitrogens with zero attached hydrogens (tertiary/aromatic N) is 1. The molecule has 3 aromatic carbocycles. The summed E-state index contributed by atoms with van der Waals surface area (Å²) in [4.78, 5) is 27.7. The zero-order valence-corrected chi connectivity index (χ0v) is 19.0. The van der Waals surface area contributed by atoms with Gasteiger partial charge in [0.2, 0.25) is 0 Å². The number of Topliss-reactive ketones (excluding diaryl/α,β-unsaturated/α-hetero) is 1. The van der Waals surface area contributed by atoms with Crippen LogP contribution in [-0.4, -0.2) is 40.0 Å². The van der Waals surface area contributed by atoms with Crippen LogP contribution in [0.5, 0.6) is 11.5 Å². The van der Waals surface area contributed by atoms with Crippen LogP contribution in [0.1, 0.15) is 36.1 Å². The zero-order valence-electron chi connectivity index (χ0n) is 19.0. The van der Waals surface area contributed by atoms with Crippen LogP contribution in [0.15, 0.2) is 84.4 Å². The molecule has 4 rings (SSSR count). The molecule has 1 aliphatic heterocycles. The molecule has 0 spiro atoms. The fourth-order valence-corrected chi connectivity index (χ4v) is 4.12. The molecule has 6 nitrogen and oxygen atoms in total. The minimum atomic E-state index is -0.774. The molecule has 1 saturated heterocycles. The van der Waals surface area contributed by atoms with Gasteiger partial charge in [0.1, 0.15) is 17.3 Å². The van der Waals surface area contributed by atoms with Gasteiger partial charge in [0.25, 0.3) is 11.7 Å². The average Bonchev–Trinajstić information content (AvgIpc) is 3.12. The van der Waals surface area contributed by atoms with Crippen molar-refractivity contribution in [1.29, 1.82) is 0 Å². The van der Waals surface area contributed by atoms with Crippen LogP contribution in [-0.2, 0) is 16.0 Å². The summed E-state index contributed by atoms with van der Waals surface area (Å²) in [5.41, 5.74) is 2.09. The summed E-state index contributed by atoms with van der Waals surface area (Å²) in [6.07, 6.45) is 1.40. The van der Waals surface area contributed by atoms with Gasteiger partial charge < -0.3 is 19.8 Å². The number of carbonyl (C=O) groups excluding carboxylic acids is 2. The van der Waals surface area contributed by atoms with E-state index in [1.165, 1.54) is 17.0 Å². The molecule has 1 heterocycles. The summed E-state index contributed by atoms with van der Waals surface area (Å²) in [6.45, 7) is 2.83. The average molecular weight is 458 g/mol. The van der Waals surface area contributed by atoms with Gasteiger partial charge in [-0.25, -0.2) is 0 Å². The topological polar surface area (TPSA) is 87.1 Å². The van der Waals surface area contributed by atoms with Gasteiger partial charge in [-0.2, -0.15) is 0 Å². The number of rotatable bonds is 8. The molecule has 1 aliphatic rings. The van der Waals surface area contributed by atoms with E-state index in [-0.39, 0.29) is 17.1 Å². The first-order valence-electron chi connectivity index (χ1n) is 11.3. The number of benzene rings is 3. The maximum atomic E-state index is 13.2. The lowest BCUT2D eigenvalue weighted by molar-refractivity contribution is -0.139. The fraction of sp³-hybridized carbons (Fsp3) is 0.214. The normalized spacial score (nSPS) is 17.2. The second-order valence-electron chi connectivity index (χ2n) is 8.20. The Bertz CT molecular complexity index is 1200. The van der Waals surface area contributed by atoms with E-state index in [1.54, 1.807) is 36.4 Å². The van der Waals surface area contributed by atoms with Crippen molar-refractivity contribution in [2.45, 2.75) is 25.8 Å². The third kappa shape index (κ3) is 4.81. The van der Waals surface area contributed by atoms with Crippen LogP contribution < -0.4 is 4.74 Å². The van der Waals surface area contributed by atoms with Gasteiger partial charge >= 0.3 is 0 Å². The lowest BCUT2D eigenvalue weighted by Crippen LogP contribution is -2.31. The smallest absolute Gasteiger partial charge is 0.295 e. The maximum absolute atomic E-state index is 13.2. The van der Waals surface area contributed by atoms with Gasteiger partial charge in [-0.15, -0.1) is 0 Å². The van der Waals surface area contributed by atoms with E-state index in [0.717, 1.165) is 12.0 Å². The molecule has 0 aromatic heterocycles. The number of hydrogen-bond acceptors (Lipinski definition) is 5. The molecule has 0 radical (unpaired) electrons. The molecule has 1 atom stereocenters. The predicted molar refractivity (Wildman–Crippen MR) is 129 cm³/mol. The number of phenolic OH excluding ortho intramolecular Hbond substituents is 1. The highest BCUT2D eigenvalue weighted by Crippen LogP contribution is 2.40. The highest BCUT2D eigenvalue weighted by Gasteiger charge is 2.45. The summed E-state index contributed by atoms with van der Waals surface area (Å²) in [5.74, 6) is -0.991. The lowest BCUT2D eigenvalue weighted by Gasteiger charge is -2.25. The van der Waals surface area contributed by atoms with E-state index in [1.807, 2.05) is 37.3 Å². The van der Waals surface area contributed by atoms with Gasteiger partial charge in [-0.1, -0.05) is 61.5 Å². The van der Waals surface area contributed by atoms with Gasteiger partial charge in [0, 0.05) is 12.1 Å². The van der Waals surface area contributed by atoms with Crippen LogP contribution in [0.25, 0.3) is 5.76 Å². The SMILES string of the molecule is CCCOc1cccc(/C(O)=C2\C(=O)C(=O)N(CCc3ccccc3)C2c2ccc(O)cc2)c1. The maximum Gasteiger partial charge on any atom is 0.295 e. The molecule has 1 fully saturated rings. The Morgan fingerprint density at radius 2 is 1.71 bits per heavy atom. The van der Waals surface area contributed by atoms with E-state index in [4.69, 9.17) is 4.74 Å². The Balaban J connectivity index is 1.75. The second kappa shape index (κ2) is 10.3. The van der Waals surface area contributed by atoms with Gasteiger partial charge in [0.05, 0.1) is 18.2 Å². The van der Waals surface area contributed by atoms with Gasteiger partial charge in [-0.3, -0.25) is 9.59 Å². The Kier molecular flexibility index (Phi) is 6.97. The van der Waals surface area contributed by atoms with Crippen molar-refractivity contribution in [3.05, 3.63) is 101 Å². The van der Waals surface area contributed by atoms with Crippen molar-refractivity contribution in [3.63, 3.8) is 0 Å². The van der Waals surface area contributed by atoms with E-state index in [0.29, 0.717) is 36.4 Å². The standard InChI is InChI=1S/C28H27NO5/c1-2-17-34-23-10-6-9-21(18-23)26(31)24-25(20-11-13-22(30)14-12-20)29(28(33)27(24)32)16-15-19-7-4-3-5-8-19/h3-14,18,25,30-31H,2,15-17H2,1H3/b26-24+. The molecule has 34 heavy (non-hydrogen) atoms. The highest BCUT2D eigenvalue weighted by atomic mass is 16.5. The summed E-state index contributed by atoms with van der Waals surface area (Å²) in [5, 5.41) is 21.0. The summed E-state index contributed by atoms with van der Waals surface area (Å²) < 4.78 is 5.67. The number of ketones is 1. The largest absolute Gasteiger partial charge is 0.508 e. The van der Waals surface area contributed by atoms with Crippen LogP contribution in [0.4, 0.5) is 0 Å². The Morgan fingerprint density at radius 1 is 0.971 bits per heavy atom. The highest BCUT2D eigenvalue weighted by molar-refractivity contribution is 6.46. The molecule has 0 aliphatic carbocycles. The van der Waals surface area contributed by atoms with Crippen molar-refractivity contribution in [2.75, 3.05) is 13.2 Å². The summed E-state index contributed by atoms with van der Waals surface area (Å²) in [7, 11) is 0. The number of aliphatic hydroxyl groups is 1. The Morgan fingerprint density at radius 3 is 2.41 bits per heavy atom. The van der Waals surface area contributed by atoms with Crippen molar-refractivity contribution >= 4 is 17.4 Å². The van der Waals surface area contributed by atoms with E-state index in [9.17, 15) is 19.8 Å². The molecule has 6 heteroatoms. The second-order valence-corrected chi connectivity index (χ2v) is 8.20. The fourth-order valence-electron chi connectivity index (χ4n) is 4.12. The van der Waals surface area contributed by atoms with Gasteiger partial charge in [-0.05, 0) is 48.2 Å². The van der Waals surface area contributed by atoms with Crippen LogP contribution in [0, 0.1) is 0 Å². The molecule has 2 N–H and O–H groups in total. The minimum absolute atomic E-state index is 0.0244. The monoisotopic (exact) mass is 457 g/mol. The number of hydrogen-bond donors (Lipinski definition) is 2. The molecule has 0 saturated carbocycles. The Labute approximate surface area is 198 Å². The van der Waals surface area contributed by atoms with Crippen LogP contribution >= 0.6 is 0 Å². The number of amides is 1. The molecule has 1 unspecified atom stereocenters. The third-order valence-electron chi connectivity index (χ3n) is 5.81. The van der Waals surface area contributed by atoms with Crippen LogP contribution in [0.3, 0.4) is 0 Å². The number of phenols is 1. The number of aromatic hydroxyl groups is 1. The number of ether oxygens (including phenoxy) is 1. The summed E-state index contributed by atoms with van der Waals surface area (Å²) in [6, 6.07) is 22.1. The first-order chi connectivity index (χ1) is 16.5. The third-order valence-corrected chi connectivity index (χ3v) is 5.81. The number of aliphatic hydroxyl groups excluding tert-OH is 1. The molecule has 3 aromatic rings. The molecule has 0 bridgehead atoms. The molecule has 174 valence electrons. The number of likely N-dealkylation sites (tertiary alicyclic amines) is 1. The quantitative estimate of drug-likeness (QED) is 0.287. The summed E-state index contributed by atoms with van der Waals surface area (Å²) >= 11 is 0. The first-order valence-corrected chi connectivity index (χ1v) is 11.3.